The van der Waals surface area contributed by atoms with Gasteiger partial charge in [-0.05, 0) is 16.7 Å². The van der Waals surface area contributed by atoms with Gasteiger partial charge >= 0.3 is 0 Å². The van der Waals surface area contributed by atoms with E-state index in [9.17, 15) is 4.79 Å². The van der Waals surface area contributed by atoms with Gasteiger partial charge in [-0.15, -0.1) is 0 Å². The molecule has 0 heterocycles. The maximum Gasteiger partial charge on any atom is 0.149 e. The highest BCUT2D eigenvalue weighted by Crippen LogP contribution is 2.55. The molecular formula is C22H18O. The summed E-state index contributed by atoms with van der Waals surface area (Å²) in [6, 6.07) is 30.8. The summed E-state index contributed by atoms with van der Waals surface area (Å²) in [4.78, 5) is 12.9. The van der Waals surface area contributed by atoms with Gasteiger partial charge in [0.2, 0.25) is 0 Å². The Morgan fingerprint density at radius 1 is 0.478 bits per heavy atom. The predicted molar refractivity (Wildman–Crippen MR) is 92.6 cm³/mol. The van der Waals surface area contributed by atoms with Gasteiger partial charge in [0.15, 0.2) is 0 Å². The molecule has 23 heavy (non-hydrogen) atoms. The Kier molecular flexibility index (Phi) is 3.55. The second-order valence-electron chi connectivity index (χ2n) is 6.12. The molecule has 0 bridgehead atoms. The monoisotopic (exact) mass is 298 g/mol. The number of carbonyl (C=O) groups excluding carboxylic acids is 1. The van der Waals surface area contributed by atoms with Crippen LogP contribution in [0.3, 0.4) is 0 Å². The minimum Gasteiger partial charge on any atom is -0.298 e. The third-order valence-corrected chi connectivity index (χ3v) is 4.83. The molecule has 1 heteroatoms. The van der Waals surface area contributed by atoms with Crippen LogP contribution in [0.2, 0.25) is 0 Å². The van der Waals surface area contributed by atoms with E-state index in [1.54, 1.807) is 0 Å². The van der Waals surface area contributed by atoms with Gasteiger partial charge in [-0.2, -0.15) is 0 Å². The highest BCUT2D eigenvalue weighted by atomic mass is 16.1. The number of Topliss-reactive ketones (excluding diaryl/α,β-unsaturated/α-hetero) is 1. The Hall–Kier alpha value is -2.67. The molecule has 0 aliphatic heterocycles. The van der Waals surface area contributed by atoms with Gasteiger partial charge in [0.1, 0.15) is 5.78 Å². The quantitative estimate of drug-likeness (QED) is 0.670. The van der Waals surface area contributed by atoms with Crippen LogP contribution in [0.15, 0.2) is 91.0 Å². The van der Waals surface area contributed by atoms with Crippen molar-refractivity contribution in [2.24, 2.45) is 0 Å². The normalized spacial score (nSPS) is 23.3. The zero-order valence-corrected chi connectivity index (χ0v) is 12.8. The Morgan fingerprint density at radius 2 is 0.826 bits per heavy atom. The first-order valence-electron chi connectivity index (χ1n) is 8.05. The summed E-state index contributed by atoms with van der Waals surface area (Å²) in [6.45, 7) is 0. The van der Waals surface area contributed by atoms with E-state index in [4.69, 9.17) is 0 Å². The van der Waals surface area contributed by atoms with Crippen LogP contribution in [0.5, 0.6) is 0 Å². The summed E-state index contributed by atoms with van der Waals surface area (Å²) >= 11 is 0. The first-order chi connectivity index (χ1) is 11.4. The summed E-state index contributed by atoms with van der Waals surface area (Å²) in [5.41, 5.74) is 3.49. The Bertz CT molecular complexity index is 744. The molecule has 0 aromatic heterocycles. The van der Waals surface area contributed by atoms with E-state index in [-0.39, 0.29) is 17.8 Å². The van der Waals surface area contributed by atoms with E-state index in [1.165, 1.54) is 5.56 Å². The van der Waals surface area contributed by atoms with Crippen molar-refractivity contribution in [1.82, 2.24) is 0 Å². The van der Waals surface area contributed by atoms with Gasteiger partial charge in [0.05, 0.1) is 11.8 Å². The molecule has 3 aromatic rings. The van der Waals surface area contributed by atoms with E-state index >= 15 is 0 Å². The third-order valence-electron chi connectivity index (χ3n) is 4.83. The van der Waals surface area contributed by atoms with Crippen molar-refractivity contribution in [1.29, 1.82) is 0 Å². The Balaban J connectivity index is 1.78. The predicted octanol–water partition coefficient (Wildman–Crippen LogP) is 4.92. The first kappa shape index (κ1) is 14.0. The summed E-state index contributed by atoms with van der Waals surface area (Å²) < 4.78 is 0. The molecule has 2 atom stereocenters. The van der Waals surface area contributed by atoms with Crippen LogP contribution in [0.4, 0.5) is 0 Å². The molecule has 0 N–H and O–H groups in total. The van der Waals surface area contributed by atoms with Crippen LogP contribution < -0.4 is 0 Å². The van der Waals surface area contributed by atoms with E-state index in [0.717, 1.165) is 11.1 Å². The number of hydrogen-bond acceptors (Lipinski definition) is 1. The van der Waals surface area contributed by atoms with Crippen molar-refractivity contribution >= 4 is 5.78 Å². The smallest absolute Gasteiger partial charge is 0.149 e. The van der Waals surface area contributed by atoms with Crippen molar-refractivity contribution in [3.8, 4) is 0 Å². The number of hydrogen-bond donors (Lipinski definition) is 0. The van der Waals surface area contributed by atoms with Gasteiger partial charge < -0.3 is 0 Å². The Labute approximate surface area is 136 Å². The maximum atomic E-state index is 12.9. The second kappa shape index (κ2) is 5.85. The summed E-state index contributed by atoms with van der Waals surface area (Å²) in [7, 11) is 0. The molecule has 0 saturated heterocycles. The number of rotatable bonds is 3. The topological polar surface area (TPSA) is 17.1 Å². The van der Waals surface area contributed by atoms with Gasteiger partial charge in [0, 0.05) is 5.92 Å². The molecule has 0 amide bonds. The number of carbonyl (C=O) groups is 1. The number of ketones is 1. The number of benzene rings is 3. The van der Waals surface area contributed by atoms with Gasteiger partial charge in [-0.25, -0.2) is 0 Å². The zero-order chi connectivity index (χ0) is 15.6. The first-order valence-corrected chi connectivity index (χ1v) is 8.05. The lowest BCUT2D eigenvalue weighted by atomic mass is 9.56. The largest absolute Gasteiger partial charge is 0.298 e. The fourth-order valence-corrected chi connectivity index (χ4v) is 3.75. The lowest BCUT2D eigenvalue weighted by Crippen LogP contribution is -2.42. The second-order valence-corrected chi connectivity index (χ2v) is 6.12. The van der Waals surface area contributed by atoms with Crippen LogP contribution in [-0.4, -0.2) is 5.78 Å². The lowest BCUT2D eigenvalue weighted by molar-refractivity contribution is -0.129. The van der Waals surface area contributed by atoms with Crippen molar-refractivity contribution in [2.45, 2.75) is 17.8 Å². The molecule has 0 spiro atoms. The van der Waals surface area contributed by atoms with Crippen LogP contribution in [0.1, 0.15) is 34.4 Å². The molecule has 3 aromatic carbocycles. The minimum atomic E-state index is -0.0381. The molecule has 1 nitrogen and oxygen atoms in total. The van der Waals surface area contributed by atoms with Gasteiger partial charge in [-0.1, -0.05) is 91.0 Å². The van der Waals surface area contributed by atoms with E-state index < -0.39 is 0 Å². The van der Waals surface area contributed by atoms with E-state index in [0.29, 0.717) is 5.78 Å². The molecule has 1 fully saturated rings. The van der Waals surface area contributed by atoms with E-state index in [2.05, 4.69) is 48.5 Å². The van der Waals surface area contributed by atoms with Crippen LogP contribution in [0, 0.1) is 0 Å². The SMILES string of the molecule is O=C1C(c2ccccc2)C(c2ccccc2)C1c1ccccc1. The molecular weight excluding hydrogens is 280 g/mol. The average Bonchev–Trinajstić information content (AvgIpc) is 2.62. The van der Waals surface area contributed by atoms with Crippen molar-refractivity contribution < 1.29 is 4.79 Å². The van der Waals surface area contributed by atoms with Crippen molar-refractivity contribution in [3.63, 3.8) is 0 Å². The fraction of sp³-hybridized carbons (Fsp3) is 0.136. The van der Waals surface area contributed by atoms with Crippen LogP contribution in [-0.2, 0) is 4.79 Å². The van der Waals surface area contributed by atoms with Crippen molar-refractivity contribution in [2.75, 3.05) is 0 Å². The standard InChI is InChI=1S/C22H18O/c23-22-20(17-12-6-2-7-13-17)19(16-10-4-1-5-11-16)21(22)18-14-8-3-9-15-18/h1-15,19-21H. The van der Waals surface area contributed by atoms with Crippen LogP contribution >= 0.6 is 0 Å². The molecule has 1 saturated carbocycles. The average molecular weight is 298 g/mol. The molecule has 1 aliphatic rings. The summed E-state index contributed by atoms with van der Waals surface area (Å²) in [6.07, 6.45) is 0. The molecule has 1 aliphatic carbocycles. The highest BCUT2D eigenvalue weighted by Gasteiger charge is 2.51. The Morgan fingerprint density at radius 3 is 1.22 bits per heavy atom. The molecule has 2 unspecified atom stereocenters. The van der Waals surface area contributed by atoms with Crippen LogP contribution in [0.25, 0.3) is 0 Å². The summed E-state index contributed by atoms with van der Waals surface area (Å²) in [5.74, 6) is 0.470. The molecule has 4 rings (SSSR count). The maximum absolute atomic E-state index is 12.9. The fourth-order valence-electron chi connectivity index (χ4n) is 3.75. The van der Waals surface area contributed by atoms with Gasteiger partial charge in [0.25, 0.3) is 0 Å². The third kappa shape index (κ3) is 2.39. The zero-order valence-electron chi connectivity index (χ0n) is 12.8. The minimum absolute atomic E-state index is 0.0381. The van der Waals surface area contributed by atoms with Gasteiger partial charge in [-0.3, -0.25) is 4.79 Å². The van der Waals surface area contributed by atoms with E-state index in [1.807, 2.05) is 42.5 Å². The highest BCUT2D eigenvalue weighted by molar-refractivity contribution is 6.00. The molecule has 0 radical (unpaired) electrons. The lowest BCUT2D eigenvalue weighted by Gasteiger charge is -2.44. The molecule has 112 valence electrons. The van der Waals surface area contributed by atoms with Crippen molar-refractivity contribution in [3.05, 3.63) is 108 Å². The summed E-state index contributed by atoms with van der Waals surface area (Å²) in [5, 5.41) is 0.